The van der Waals surface area contributed by atoms with Crippen LogP contribution in [0.25, 0.3) is 21.7 Å². The van der Waals surface area contributed by atoms with Crippen LogP contribution in [0.1, 0.15) is 47.2 Å². The van der Waals surface area contributed by atoms with Crippen molar-refractivity contribution in [3.05, 3.63) is 46.5 Å². The SMILES string of the molecule is CCOC(=O)c1c(C(C)=O)c(-c2cccs2)c2n1CCc1cc(OC)c(OCC)cc1-2. The molecule has 0 amide bonds. The average molecular weight is 440 g/mol. The Morgan fingerprint density at radius 3 is 2.58 bits per heavy atom. The maximum absolute atomic E-state index is 13.0. The molecule has 3 heterocycles. The summed E-state index contributed by atoms with van der Waals surface area (Å²) in [5.41, 5.74) is 4.40. The van der Waals surface area contributed by atoms with E-state index in [0.29, 0.717) is 42.3 Å². The minimum absolute atomic E-state index is 0.159. The summed E-state index contributed by atoms with van der Waals surface area (Å²) in [4.78, 5) is 26.7. The number of rotatable bonds is 7. The summed E-state index contributed by atoms with van der Waals surface area (Å²) in [6, 6.07) is 7.87. The molecular weight excluding hydrogens is 414 g/mol. The van der Waals surface area contributed by atoms with Crippen molar-refractivity contribution in [2.24, 2.45) is 0 Å². The van der Waals surface area contributed by atoms with Crippen LogP contribution in [0, 0.1) is 0 Å². The topological polar surface area (TPSA) is 66.8 Å². The molecule has 3 aromatic rings. The van der Waals surface area contributed by atoms with Crippen molar-refractivity contribution in [1.82, 2.24) is 4.57 Å². The minimum Gasteiger partial charge on any atom is -0.493 e. The first-order valence-electron chi connectivity index (χ1n) is 10.3. The number of aryl methyl sites for hydroxylation is 1. The van der Waals surface area contributed by atoms with Crippen LogP contribution in [-0.2, 0) is 17.7 Å². The molecule has 7 heteroatoms. The monoisotopic (exact) mass is 439 g/mol. The zero-order chi connectivity index (χ0) is 22.1. The molecule has 162 valence electrons. The highest BCUT2D eigenvalue weighted by atomic mass is 32.1. The zero-order valence-corrected chi connectivity index (χ0v) is 18.9. The highest BCUT2D eigenvalue weighted by Gasteiger charge is 2.35. The Kier molecular flexibility index (Phi) is 5.87. The van der Waals surface area contributed by atoms with Gasteiger partial charge in [0.2, 0.25) is 0 Å². The molecule has 0 N–H and O–H groups in total. The van der Waals surface area contributed by atoms with Gasteiger partial charge >= 0.3 is 5.97 Å². The van der Waals surface area contributed by atoms with Gasteiger partial charge in [0, 0.05) is 22.5 Å². The van der Waals surface area contributed by atoms with Crippen molar-refractivity contribution < 1.29 is 23.8 Å². The first-order valence-corrected chi connectivity index (χ1v) is 11.2. The van der Waals surface area contributed by atoms with E-state index in [-0.39, 0.29) is 12.4 Å². The fraction of sp³-hybridized carbons (Fsp3) is 0.333. The largest absolute Gasteiger partial charge is 0.493 e. The van der Waals surface area contributed by atoms with Gasteiger partial charge in [0.25, 0.3) is 0 Å². The highest BCUT2D eigenvalue weighted by molar-refractivity contribution is 7.13. The van der Waals surface area contributed by atoms with Crippen molar-refractivity contribution >= 4 is 23.1 Å². The summed E-state index contributed by atoms with van der Waals surface area (Å²) >= 11 is 1.54. The van der Waals surface area contributed by atoms with Crippen molar-refractivity contribution in [1.29, 1.82) is 0 Å². The number of nitrogens with zero attached hydrogens (tertiary/aromatic N) is 1. The summed E-state index contributed by atoms with van der Waals surface area (Å²) in [6.45, 7) is 6.50. The van der Waals surface area contributed by atoms with Crippen molar-refractivity contribution in [3.63, 3.8) is 0 Å². The molecule has 0 saturated heterocycles. The summed E-state index contributed by atoms with van der Waals surface area (Å²) in [5, 5.41) is 1.97. The van der Waals surface area contributed by atoms with E-state index in [1.807, 2.05) is 41.1 Å². The number of hydrogen-bond donors (Lipinski definition) is 0. The van der Waals surface area contributed by atoms with Gasteiger partial charge in [-0.05, 0) is 56.3 Å². The second kappa shape index (κ2) is 8.59. The van der Waals surface area contributed by atoms with E-state index in [0.717, 1.165) is 27.3 Å². The van der Waals surface area contributed by atoms with Crippen molar-refractivity contribution in [2.45, 2.75) is 33.7 Å². The van der Waals surface area contributed by atoms with Gasteiger partial charge in [-0.15, -0.1) is 11.3 Å². The number of hydrogen-bond acceptors (Lipinski definition) is 6. The number of benzene rings is 1. The molecule has 0 atom stereocenters. The average Bonchev–Trinajstić information content (AvgIpc) is 3.39. The van der Waals surface area contributed by atoms with Gasteiger partial charge in [0.15, 0.2) is 17.3 Å². The van der Waals surface area contributed by atoms with E-state index in [2.05, 4.69) is 0 Å². The van der Waals surface area contributed by atoms with Crippen LogP contribution in [0.5, 0.6) is 11.5 Å². The minimum atomic E-state index is -0.473. The second-order valence-corrected chi connectivity index (χ2v) is 8.14. The standard InChI is InChI=1S/C24H25NO5S/c1-5-29-18-13-16-15(12-17(18)28-4)9-10-25-22(16)21(19-8-7-11-31-19)20(14(3)26)23(25)24(27)30-6-2/h7-8,11-13H,5-6,9-10H2,1-4H3. The fourth-order valence-corrected chi connectivity index (χ4v) is 5.00. The summed E-state index contributed by atoms with van der Waals surface area (Å²) < 4.78 is 18.6. The molecule has 2 aromatic heterocycles. The zero-order valence-electron chi connectivity index (χ0n) is 18.1. The van der Waals surface area contributed by atoms with Gasteiger partial charge in [-0.2, -0.15) is 0 Å². The predicted octanol–water partition coefficient (Wildman–Crippen LogP) is 5.23. The van der Waals surface area contributed by atoms with Crippen molar-refractivity contribution in [2.75, 3.05) is 20.3 Å². The number of ether oxygens (including phenoxy) is 3. The molecule has 1 aliphatic rings. The van der Waals surface area contributed by atoms with Gasteiger partial charge < -0.3 is 18.8 Å². The van der Waals surface area contributed by atoms with Gasteiger partial charge in [-0.1, -0.05) is 6.07 Å². The third-order valence-electron chi connectivity index (χ3n) is 5.40. The first kappa shape index (κ1) is 21.2. The molecular formula is C24H25NO5S. The molecule has 0 saturated carbocycles. The van der Waals surface area contributed by atoms with E-state index in [9.17, 15) is 9.59 Å². The number of thiophene rings is 1. The van der Waals surface area contributed by atoms with Crippen LogP contribution in [-0.4, -0.2) is 36.6 Å². The summed E-state index contributed by atoms with van der Waals surface area (Å²) in [7, 11) is 1.62. The number of esters is 1. The lowest BCUT2D eigenvalue weighted by Crippen LogP contribution is -2.19. The molecule has 0 aliphatic carbocycles. The Hall–Kier alpha value is -3.06. The molecule has 0 unspecified atom stereocenters. The Balaban J connectivity index is 2.08. The molecule has 31 heavy (non-hydrogen) atoms. The third-order valence-corrected chi connectivity index (χ3v) is 6.29. The molecule has 0 fully saturated rings. The Morgan fingerprint density at radius 1 is 1.16 bits per heavy atom. The van der Waals surface area contributed by atoms with Gasteiger partial charge in [0.1, 0.15) is 5.69 Å². The van der Waals surface area contributed by atoms with E-state index in [1.54, 1.807) is 25.4 Å². The molecule has 0 bridgehead atoms. The van der Waals surface area contributed by atoms with E-state index >= 15 is 0 Å². The van der Waals surface area contributed by atoms with Crippen LogP contribution >= 0.6 is 11.3 Å². The van der Waals surface area contributed by atoms with E-state index in [1.165, 1.54) is 6.92 Å². The quantitative estimate of drug-likeness (QED) is 0.373. The second-order valence-electron chi connectivity index (χ2n) is 7.20. The van der Waals surface area contributed by atoms with Crippen LogP contribution in [0.3, 0.4) is 0 Å². The maximum Gasteiger partial charge on any atom is 0.355 e. The van der Waals surface area contributed by atoms with Gasteiger partial charge in [-0.3, -0.25) is 4.79 Å². The lowest BCUT2D eigenvalue weighted by molar-refractivity contribution is 0.0510. The third kappa shape index (κ3) is 3.53. The van der Waals surface area contributed by atoms with E-state index in [4.69, 9.17) is 14.2 Å². The molecule has 4 rings (SSSR count). The van der Waals surface area contributed by atoms with Gasteiger partial charge in [0.05, 0.1) is 31.6 Å². The Bertz CT molecular complexity index is 1140. The normalized spacial score (nSPS) is 12.1. The number of carbonyl (C=O) groups excluding carboxylic acids is 2. The summed E-state index contributed by atoms with van der Waals surface area (Å²) in [5.74, 6) is 0.681. The lowest BCUT2D eigenvalue weighted by atomic mass is 9.93. The molecule has 0 spiro atoms. The highest BCUT2D eigenvalue weighted by Crippen LogP contribution is 2.47. The van der Waals surface area contributed by atoms with Crippen LogP contribution in [0.4, 0.5) is 0 Å². The number of Topliss-reactive ketones (excluding diaryl/α,β-unsaturated/α-hetero) is 1. The van der Waals surface area contributed by atoms with Crippen LogP contribution < -0.4 is 9.47 Å². The maximum atomic E-state index is 13.0. The number of methoxy groups -OCH3 is 1. The molecule has 1 aromatic carbocycles. The lowest BCUT2D eigenvalue weighted by Gasteiger charge is -2.24. The Labute approximate surface area is 185 Å². The van der Waals surface area contributed by atoms with Crippen molar-refractivity contribution in [3.8, 4) is 33.2 Å². The summed E-state index contributed by atoms with van der Waals surface area (Å²) in [6.07, 6.45) is 0.702. The van der Waals surface area contributed by atoms with E-state index < -0.39 is 5.97 Å². The molecule has 6 nitrogen and oxygen atoms in total. The fourth-order valence-electron chi connectivity index (χ4n) is 4.23. The number of aromatic nitrogens is 1. The Morgan fingerprint density at radius 2 is 1.97 bits per heavy atom. The number of fused-ring (bicyclic) bond motifs is 3. The number of ketones is 1. The predicted molar refractivity (Wildman–Crippen MR) is 121 cm³/mol. The molecule has 0 radical (unpaired) electrons. The smallest absolute Gasteiger partial charge is 0.355 e. The van der Waals surface area contributed by atoms with Crippen LogP contribution in [0.2, 0.25) is 0 Å². The molecule has 1 aliphatic heterocycles. The van der Waals surface area contributed by atoms with Gasteiger partial charge in [-0.25, -0.2) is 4.79 Å². The number of carbonyl (C=O) groups is 2. The first-order chi connectivity index (χ1) is 15.0. The van der Waals surface area contributed by atoms with Crippen LogP contribution in [0.15, 0.2) is 29.6 Å².